The fourth-order valence-corrected chi connectivity index (χ4v) is 2.10. The lowest BCUT2D eigenvalue weighted by atomic mass is 9.93. The third-order valence-corrected chi connectivity index (χ3v) is 2.84. The van der Waals surface area contributed by atoms with Crippen molar-refractivity contribution in [3.8, 4) is 0 Å². The molecule has 0 aromatic heterocycles. The molecule has 1 aliphatic heterocycles. The molecular formula is C11H13F2N. The first-order valence-electron chi connectivity index (χ1n) is 4.86. The molecule has 0 bridgehead atoms. The zero-order valence-corrected chi connectivity index (χ0v) is 8.06. The van der Waals surface area contributed by atoms with Gasteiger partial charge < -0.3 is 5.32 Å². The van der Waals surface area contributed by atoms with Crippen molar-refractivity contribution in [1.29, 1.82) is 0 Å². The second-order valence-electron chi connectivity index (χ2n) is 3.84. The highest BCUT2D eigenvalue weighted by atomic mass is 19.1. The van der Waals surface area contributed by atoms with Gasteiger partial charge in [0, 0.05) is 18.0 Å². The molecule has 14 heavy (non-hydrogen) atoms. The average molecular weight is 197 g/mol. The average Bonchev–Trinajstić information content (AvgIpc) is 2.49. The van der Waals surface area contributed by atoms with Gasteiger partial charge in [0.1, 0.15) is 11.6 Å². The molecule has 0 amide bonds. The quantitative estimate of drug-likeness (QED) is 0.729. The van der Waals surface area contributed by atoms with Crippen molar-refractivity contribution in [2.24, 2.45) is 0 Å². The molecule has 1 aliphatic rings. The topological polar surface area (TPSA) is 12.0 Å². The Morgan fingerprint density at radius 3 is 2.36 bits per heavy atom. The van der Waals surface area contributed by atoms with Crippen molar-refractivity contribution < 1.29 is 8.78 Å². The zero-order chi connectivity index (χ0) is 10.1. The van der Waals surface area contributed by atoms with E-state index in [0.29, 0.717) is 6.04 Å². The molecule has 1 aromatic rings. The van der Waals surface area contributed by atoms with E-state index in [0.717, 1.165) is 24.6 Å². The molecule has 1 saturated heterocycles. The van der Waals surface area contributed by atoms with Gasteiger partial charge in [0.2, 0.25) is 0 Å². The number of nitrogens with one attached hydrogen (secondary N) is 1. The summed E-state index contributed by atoms with van der Waals surface area (Å²) in [6.07, 6.45) is 0.948. The molecule has 0 spiro atoms. The van der Waals surface area contributed by atoms with Crippen LogP contribution >= 0.6 is 0 Å². The minimum atomic E-state index is -0.487. The van der Waals surface area contributed by atoms with Crippen molar-refractivity contribution in [3.05, 3.63) is 35.4 Å². The first-order valence-corrected chi connectivity index (χ1v) is 4.86. The smallest absolute Gasteiger partial charge is 0.126 e. The minimum Gasteiger partial charge on any atom is -0.314 e. The minimum absolute atomic E-state index is 0.236. The lowest BCUT2D eigenvalue weighted by Gasteiger charge is -2.15. The summed E-state index contributed by atoms with van der Waals surface area (Å²) in [4.78, 5) is 0. The number of benzene rings is 1. The van der Waals surface area contributed by atoms with Gasteiger partial charge in [0.15, 0.2) is 0 Å². The predicted octanol–water partition coefficient (Wildman–Crippen LogP) is 2.43. The molecule has 1 nitrogen and oxygen atoms in total. The molecule has 0 saturated carbocycles. The van der Waals surface area contributed by atoms with Crippen molar-refractivity contribution in [2.45, 2.75) is 25.3 Å². The highest BCUT2D eigenvalue weighted by molar-refractivity contribution is 5.24. The Hall–Kier alpha value is -0.960. The summed E-state index contributed by atoms with van der Waals surface area (Å²) >= 11 is 0. The van der Waals surface area contributed by atoms with Crippen LogP contribution in [0.5, 0.6) is 0 Å². The van der Waals surface area contributed by atoms with Gasteiger partial charge in [-0.3, -0.25) is 0 Å². The highest BCUT2D eigenvalue weighted by Crippen LogP contribution is 2.28. The molecule has 76 valence electrons. The van der Waals surface area contributed by atoms with Crippen LogP contribution in [0.2, 0.25) is 0 Å². The number of rotatable bonds is 1. The Kier molecular flexibility index (Phi) is 2.50. The normalized spacial score (nSPS) is 26.8. The van der Waals surface area contributed by atoms with Crippen LogP contribution in [0.1, 0.15) is 24.8 Å². The molecule has 0 aliphatic carbocycles. The van der Waals surface area contributed by atoms with E-state index in [9.17, 15) is 8.78 Å². The van der Waals surface area contributed by atoms with E-state index in [1.165, 1.54) is 12.1 Å². The van der Waals surface area contributed by atoms with E-state index in [4.69, 9.17) is 0 Å². The maximum Gasteiger partial charge on any atom is 0.126 e. The molecule has 2 unspecified atom stereocenters. The predicted molar refractivity (Wildman–Crippen MR) is 51.2 cm³/mol. The lowest BCUT2D eigenvalue weighted by Crippen LogP contribution is -2.21. The van der Waals surface area contributed by atoms with Crippen LogP contribution < -0.4 is 5.32 Å². The summed E-state index contributed by atoms with van der Waals surface area (Å²) in [5, 5.41) is 3.26. The van der Waals surface area contributed by atoms with E-state index in [1.807, 2.05) is 6.92 Å². The molecule has 0 radical (unpaired) electrons. The van der Waals surface area contributed by atoms with Gasteiger partial charge in [-0.2, -0.15) is 0 Å². The summed E-state index contributed by atoms with van der Waals surface area (Å²) in [5.41, 5.74) is 0.764. The number of hydrogen-bond donors (Lipinski definition) is 1. The van der Waals surface area contributed by atoms with Crippen molar-refractivity contribution in [3.63, 3.8) is 0 Å². The van der Waals surface area contributed by atoms with Crippen LogP contribution in [0.25, 0.3) is 0 Å². The van der Waals surface area contributed by atoms with Crippen LogP contribution in [-0.2, 0) is 0 Å². The van der Waals surface area contributed by atoms with Crippen molar-refractivity contribution in [2.75, 3.05) is 6.54 Å². The van der Waals surface area contributed by atoms with E-state index < -0.39 is 11.6 Å². The first kappa shape index (κ1) is 9.59. The maximum absolute atomic E-state index is 12.9. The number of halogens is 2. The second kappa shape index (κ2) is 3.65. The standard InChI is InChI=1S/C11H13F2N/c1-7-11(2-3-14-7)8-4-9(12)6-10(13)5-8/h4-7,11,14H,2-3H2,1H3. The van der Waals surface area contributed by atoms with E-state index in [2.05, 4.69) is 5.32 Å². The van der Waals surface area contributed by atoms with E-state index >= 15 is 0 Å². The highest BCUT2D eigenvalue weighted by Gasteiger charge is 2.24. The lowest BCUT2D eigenvalue weighted by molar-refractivity contribution is 0.557. The molecule has 3 heteroatoms. The van der Waals surface area contributed by atoms with Gasteiger partial charge in [0.25, 0.3) is 0 Å². The van der Waals surface area contributed by atoms with Crippen LogP contribution in [0.4, 0.5) is 8.78 Å². The number of hydrogen-bond acceptors (Lipinski definition) is 1. The van der Waals surface area contributed by atoms with Crippen LogP contribution in [-0.4, -0.2) is 12.6 Å². The Morgan fingerprint density at radius 2 is 1.86 bits per heavy atom. The van der Waals surface area contributed by atoms with E-state index in [-0.39, 0.29) is 5.92 Å². The summed E-state index contributed by atoms with van der Waals surface area (Å²) < 4.78 is 25.9. The first-order chi connectivity index (χ1) is 6.66. The van der Waals surface area contributed by atoms with Gasteiger partial charge in [-0.1, -0.05) is 0 Å². The van der Waals surface area contributed by atoms with Crippen LogP contribution in [0, 0.1) is 11.6 Å². The Balaban J connectivity index is 2.31. The molecule has 1 fully saturated rings. The SMILES string of the molecule is CC1NCCC1c1cc(F)cc(F)c1. The summed E-state index contributed by atoms with van der Waals surface area (Å²) in [6, 6.07) is 4.07. The third-order valence-electron chi connectivity index (χ3n) is 2.84. The monoisotopic (exact) mass is 197 g/mol. The maximum atomic E-state index is 12.9. The Labute approximate surface area is 82.1 Å². The van der Waals surface area contributed by atoms with Gasteiger partial charge in [0.05, 0.1) is 0 Å². The van der Waals surface area contributed by atoms with Crippen LogP contribution in [0.3, 0.4) is 0 Å². The van der Waals surface area contributed by atoms with Gasteiger partial charge in [-0.05, 0) is 37.6 Å². The molecule has 2 rings (SSSR count). The van der Waals surface area contributed by atoms with Crippen molar-refractivity contribution in [1.82, 2.24) is 5.32 Å². The van der Waals surface area contributed by atoms with Crippen LogP contribution in [0.15, 0.2) is 18.2 Å². The van der Waals surface area contributed by atoms with E-state index in [1.54, 1.807) is 0 Å². The van der Waals surface area contributed by atoms with Gasteiger partial charge in [-0.15, -0.1) is 0 Å². The fourth-order valence-electron chi connectivity index (χ4n) is 2.10. The summed E-state index contributed by atoms with van der Waals surface area (Å²) in [7, 11) is 0. The Bertz CT molecular complexity index is 318. The third kappa shape index (κ3) is 1.77. The molecular weight excluding hydrogens is 184 g/mol. The fraction of sp³-hybridized carbons (Fsp3) is 0.455. The van der Waals surface area contributed by atoms with Crippen molar-refractivity contribution >= 4 is 0 Å². The second-order valence-corrected chi connectivity index (χ2v) is 3.84. The summed E-state index contributed by atoms with van der Waals surface area (Å²) in [5.74, 6) is -0.738. The molecule has 1 heterocycles. The Morgan fingerprint density at radius 1 is 1.21 bits per heavy atom. The molecule has 1 aromatic carbocycles. The molecule has 1 N–H and O–H groups in total. The van der Waals surface area contributed by atoms with Gasteiger partial charge >= 0.3 is 0 Å². The van der Waals surface area contributed by atoms with Gasteiger partial charge in [-0.25, -0.2) is 8.78 Å². The molecule has 2 atom stereocenters. The zero-order valence-electron chi connectivity index (χ0n) is 8.06. The largest absolute Gasteiger partial charge is 0.314 e. The summed E-state index contributed by atoms with van der Waals surface area (Å²) in [6.45, 7) is 2.96.